The van der Waals surface area contributed by atoms with Crippen LogP contribution in [0.1, 0.15) is 25.6 Å². The Hall–Kier alpha value is -0.480. The number of nitrogens with zero attached hydrogens (tertiary/aromatic N) is 2. The number of aryl methyl sites for hydroxylation is 1. The van der Waals surface area contributed by atoms with Gasteiger partial charge in [-0.2, -0.15) is 16.9 Å². The Morgan fingerprint density at radius 1 is 1.47 bits per heavy atom. The highest BCUT2D eigenvalue weighted by Gasteiger charge is 2.11. The van der Waals surface area contributed by atoms with Crippen molar-refractivity contribution in [2.75, 3.05) is 18.6 Å². The van der Waals surface area contributed by atoms with E-state index < -0.39 is 0 Å². The molecular weight excluding hydrogens is 206 g/mol. The van der Waals surface area contributed by atoms with Gasteiger partial charge in [0.15, 0.2) is 0 Å². The van der Waals surface area contributed by atoms with Crippen molar-refractivity contribution in [1.82, 2.24) is 15.1 Å². The molecule has 1 aromatic heterocycles. The van der Waals surface area contributed by atoms with Gasteiger partial charge in [0.05, 0.1) is 11.7 Å². The summed E-state index contributed by atoms with van der Waals surface area (Å²) >= 11 is 1.99. The molecule has 3 nitrogen and oxygen atoms in total. The minimum absolute atomic E-state index is 0.370. The topological polar surface area (TPSA) is 29.9 Å². The third-order valence-electron chi connectivity index (χ3n) is 2.18. The second-order valence-corrected chi connectivity index (χ2v) is 5.26. The maximum Gasteiger partial charge on any atom is 0.0802 e. The van der Waals surface area contributed by atoms with Crippen molar-refractivity contribution in [2.24, 2.45) is 13.0 Å². The van der Waals surface area contributed by atoms with Gasteiger partial charge in [0, 0.05) is 19.0 Å². The number of rotatable bonds is 6. The van der Waals surface area contributed by atoms with Crippen molar-refractivity contribution in [2.45, 2.75) is 19.9 Å². The van der Waals surface area contributed by atoms with Gasteiger partial charge in [0.2, 0.25) is 0 Å². The van der Waals surface area contributed by atoms with Crippen molar-refractivity contribution in [3.05, 3.63) is 18.0 Å². The maximum absolute atomic E-state index is 4.42. The Balaban J connectivity index is 2.42. The van der Waals surface area contributed by atoms with Crippen molar-refractivity contribution >= 4 is 11.8 Å². The van der Waals surface area contributed by atoms with Crippen LogP contribution >= 0.6 is 11.8 Å². The summed E-state index contributed by atoms with van der Waals surface area (Å²) in [5, 5.41) is 7.73. The highest BCUT2D eigenvalue weighted by atomic mass is 32.2. The number of aromatic nitrogens is 2. The standard InChI is InChI=1S/C11H21N3S/c1-9(2)7-15-8-11(12-3)10-5-6-14(4)13-10/h5-6,9,11-12H,7-8H2,1-4H3. The van der Waals surface area contributed by atoms with Gasteiger partial charge in [-0.25, -0.2) is 0 Å². The van der Waals surface area contributed by atoms with Crippen molar-refractivity contribution in [1.29, 1.82) is 0 Å². The third kappa shape index (κ3) is 4.26. The molecule has 0 fully saturated rings. The Bertz CT molecular complexity index is 283. The second kappa shape index (κ2) is 6.18. The van der Waals surface area contributed by atoms with Crippen LogP contribution in [0.25, 0.3) is 0 Å². The summed E-state index contributed by atoms with van der Waals surface area (Å²) in [6, 6.07) is 2.45. The minimum atomic E-state index is 0.370. The zero-order chi connectivity index (χ0) is 11.3. The van der Waals surface area contributed by atoms with Crippen LogP contribution in [-0.4, -0.2) is 28.3 Å². The monoisotopic (exact) mass is 227 g/mol. The van der Waals surface area contributed by atoms with Gasteiger partial charge >= 0.3 is 0 Å². The highest BCUT2D eigenvalue weighted by Crippen LogP contribution is 2.17. The molecule has 1 N–H and O–H groups in total. The number of nitrogens with one attached hydrogen (secondary N) is 1. The van der Waals surface area contributed by atoms with Crippen LogP contribution < -0.4 is 5.32 Å². The normalized spacial score (nSPS) is 13.4. The Morgan fingerprint density at radius 3 is 2.67 bits per heavy atom. The van der Waals surface area contributed by atoms with E-state index in [1.165, 1.54) is 5.75 Å². The molecule has 0 saturated carbocycles. The molecule has 0 bridgehead atoms. The van der Waals surface area contributed by atoms with Gasteiger partial charge in [-0.1, -0.05) is 13.8 Å². The van der Waals surface area contributed by atoms with Crippen LogP contribution in [0, 0.1) is 5.92 Å². The van der Waals surface area contributed by atoms with Crippen LogP contribution in [-0.2, 0) is 7.05 Å². The first-order valence-corrected chi connectivity index (χ1v) is 6.53. The summed E-state index contributed by atoms with van der Waals surface area (Å²) in [6.45, 7) is 4.50. The van der Waals surface area contributed by atoms with Gasteiger partial charge in [-0.3, -0.25) is 4.68 Å². The smallest absolute Gasteiger partial charge is 0.0802 e. The molecule has 0 aliphatic rings. The van der Waals surface area contributed by atoms with Crippen LogP contribution in [0.15, 0.2) is 12.3 Å². The summed E-state index contributed by atoms with van der Waals surface area (Å²) in [7, 11) is 3.95. The maximum atomic E-state index is 4.42. The van der Waals surface area contributed by atoms with Gasteiger partial charge in [-0.15, -0.1) is 0 Å². The van der Waals surface area contributed by atoms with Gasteiger partial charge in [0.1, 0.15) is 0 Å². The number of hydrogen-bond acceptors (Lipinski definition) is 3. The summed E-state index contributed by atoms with van der Waals surface area (Å²) in [6.07, 6.45) is 1.99. The van der Waals surface area contributed by atoms with E-state index in [1.54, 1.807) is 0 Å². The van der Waals surface area contributed by atoms with E-state index in [2.05, 4.69) is 30.3 Å². The van der Waals surface area contributed by atoms with Gasteiger partial charge in [-0.05, 0) is 24.8 Å². The molecule has 15 heavy (non-hydrogen) atoms. The first-order chi connectivity index (χ1) is 7.13. The van der Waals surface area contributed by atoms with E-state index in [4.69, 9.17) is 0 Å². The first-order valence-electron chi connectivity index (χ1n) is 5.38. The van der Waals surface area contributed by atoms with Gasteiger partial charge < -0.3 is 5.32 Å². The van der Waals surface area contributed by atoms with Crippen LogP contribution in [0.4, 0.5) is 0 Å². The molecule has 0 aliphatic carbocycles. The fourth-order valence-electron chi connectivity index (χ4n) is 1.36. The highest BCUT2D eigenvalue weighted by molar-refractivity contribution is 7.99. The summed E-state index contributed by atoms with van der Waals surface area (Å²) in [5.41, 5.74) is 1.14. The fourth-order valence-corrected chi connectivity index (χ4v) is 2.54. The predicted octanol–water partition coefficient (Wildman–Crippen LogP) is 2.07. The molecule has 0 radical (unpaired) electrons. The summed E-state index contributed by atoms with van der Waals surface area (Å²) in [5.74, 6) is 3.06. The van der Waals surface area contributed by atoms with E-state index in [1.807, 2.05) is 36.7 Å². The lowest BCUT2D eigenvalue weighted by atomic mass is 10.2. The molecule has 0 amide bonds. The first kappa shape index (κ1) is 12.6. The summed E-state index contributed by atoms with van der Waals surface area (Å²) in [4.78, 5) is 0. The Kier molecular flexibility index (Phi) is 5.19. The van der Waals surface area contributed by atoms with Crippen LogP contribution in [0.3, 0.4) is 0 Å². The zero-order valence-electron chi connectivity index (χ0n) is 10.0. The number of thioether (sulfide) groups is 1. The van der Waals surface area contributed by atoms with E-state index in [0.29, 0.717) is 6.04 Å². The third-order valence-corrected chi connectivity index (χ3v) is 3.65. The molecule has 0 spiro atoms. The van der Waals surface area contributed by atoms with Crippen molar-refractivity contribution in [3.63, 3.8) is 0 Å². The lowest BCUT2D eigenvalue weighted by Crippen LogP contribution is -2.20. The molecule has 1 aromatic rings. The lowest BCUT2D eigenvalue weighted by molar-refractivity contribution is 0.618. The Labute approximate surface area is 96.6 Å². The molecule has 0 aromatic carbocycles. The predicted molar refractivity (Wildman–Crippen MR) is 67.2 cm³/mol. The zero-order valence-corrected chi connectivity index (χ0v) is 10.8. The molecular formula is C11H21N3S. The quantitative estimate of drug-likeness (QED) is 0.807. The summed E-state index contributed by atoms with van der Waals surface area (Å²) < 4.78 is 1.85. The molecule has 1 rings (SSSR count). The van der Waals surface area contributed by atoms with E-state index in [0.717, 1.165) is 17.4 Å². The largest absolute Gasteiger partial charge is 0.311 e. The number of hydrogen-bond donors (Lipinski definition) is 1. The molecule has 86 valence electrons. The lowest BCUT2D eigenvalue weighted by Gasteiger charge is -2.14. The molecule has 1 unspecified atom stereocenters. The van der Waals surface area contributed by atoms with Crippen LogP contribution in [0.5, 0.6) is 0 Å². The van der Waals surface area contributed by atoms with E-state index in [9.17, 15) is 0 Å². The van der Waals surface area contributed by atoms with E-state index in [-0.39, 0.29) is 0 Å². The van der Waals surface area contributed by atoms with E-state index >= 15 is 0 Å². The minimum Gasteiger partial charge on any atom is -0.311 e. The fraction of sp³-hybridized carbons (Fsp3) is 0.727. The van der Waals surface area contributed by atoms with Crippen molar-refractivity contribution < 1.29 is 0 Å². The SMILES string of the molecule is CNC(CSCC(C)C)c1ccn(C)n1. The average Bonchev–Trinajstić information content (AvgIpc) is 2.59. The second-order valence-electron chi connectivity index (χ2n) is 4.19. The van der Waals surface area contributed by atoms with Crippen LogP contribution in [0.2, 0.25) is 0 Å². The molecule has 0 saturated heterocycles. The van der Waals surface area contributed by atoms with Gasteiger partial charge in [0.25, 0.3) is 0 Å². The Morgan fingerprint density at radius 2 is 2.20 bits per heavy atom. The molecule has 1 heterocycles. The van der Waals surface area contributed by atoms with Crippen molar-refractivity contribution in [3.8, 4) is 0 Å². The average molecular weight is 227 g/mol. The molecule has 4 heteroatoms. The molecule has 1 atom stereocenters. The molecule has 0 aliphatic heterocycles.